The first-order valence-electron chi connectivity index (χ1n) is 12.7. The minimum absolute atomic E-state index is 0. The number of aromatic nitrogens is 1. The summed E-state index contributed by atoms with van der Waals surface area (Å²) in [6, 6.07) is 39.4. The van der Waals surface area contributed by atoms with E-state index in [2.05, 4.69) is 107 Å². The summed E-state index contributed by atoms with van der Waals surface area (Å²) in [5, 5.41) is 20.9. The molecule has 5 aromatic rings. The average Bonchev–Trinajstić information content (AvgIpc) is 2.99. The van der Waals surface area contributed by atoms with E-state index < -0.39 is 7.92 Å². The molecule has 1 atom stereocenters. The predicted octanol–water partition coefficient (Wildman–Crippen LogP) is 4.07. The van der Waals surface area contributed by atoms with Gasteiger partial charge >= 0.3 is 20.4 Å². The second kappa shape index (κ2) is 16.3. The van der Waals surface area contributed by atoms with Crippen LogP contribution in [0.25, 0.3) is 10.9 Å². The molecule has 41 heavy (non-hydrogen) atoms. The minimum atomic E-state index is -0.446. The molecule has 0 fully saturated rings. The molecule has 6 nitrogen and oxygen atoms in total. The Labute approximate surface area is 262 Å². The quantitative estimate of drug-likeness (QED) is 0.0670. The third-order valence-corrected chi connectivity index (χ3v) is 8.89. The van der Waals surface area contributed by atoms with E-state index in [0.717, 1.165) is 5.39 Å². The zero-order valence-corrected chi connectivity index (χ0v) is 26.2. The first kappa shape index (κ1) is 32.3. The van der Waals surface area contributed by atoms with Crippen LogP contribution in [0, 0.1) is 0 Å². The maximum Gasteiger partial charge on any atom is 2.00 e. The Hall–Kier alpha value is -3.24. The number of pyridine rings is 1. The zero-order valence-electron chi connectivity index (χ0n) is 23.0. The van der Waals surface area contributed by atoms with Gasteiger partial charge in [0, 0.05) is 10.9 Å². The molecule has 1 unspecified atom stereocenters. The fourth-order valence-electron chi connectivity index (χ4n) is 3.84. The fraction of sp³-hybridized carbons (Fsp3) is 0.125. The van der Waals surface area contributed by atoms with Gasteiger partial charge in [0.05, 0.1) is 18.8 Å². The zero-order chi connectivity index (χ0) is 28.3. The van der Waals surface area contributed by atoms with Crippen molar-refractivity contribution in [1.29, 1.82) is 0 Å². The van der Waals surface area contributed by atoms with Gasteiger partial charge in [0.25, 0.3) is 0 Å². The van der Waals surface area contributed by atoms with Gasteiger partial charge < -0.3 is 32.8 Å². The molecule has 1 N–H and O–H groups in total. The third-order valence-electron chi connectivity index (χ3n) is 5.92. The van der Waals surface area contributed by atoms with Gasteiger partial charge in [0.15, 0.2) is 0 Å². The molecule has 1 aromatic heterocycles. The first-order valence-corrected chi connectivity index (χ1v) is 14.5. The average molecular weight is 673 g/mol. The van der Waals surface area contributed by atoms with Crippen molar-refractivity contribution < 1.29 is 30.3 Å². The Morgan fingerprint density at radius 3 is 1.83 bits per heavy atom. The summed E-state index contributed by atoms with van der Waals surface area (Å²) in [6.07, 6.45) is 1.43. The SMILES string of the molecule is COc1ccc2nc([O-])c(/C=N/NC([S-])N(C)C)cc2c1.[Pd+2].c1ccc(P(c2ccccc2)c2ccccc2)cc1. The number of ether oxygens (including phenoxy) is 1. The molecule has 0 saturated heterocycles. The van der Waals surface area contributed by atoms with E-state index in [1.807, 2.05) is 20.2 Å². The molecule has 0 aliphatic heterocycles. The van der Waals surface area contributed by atoms with Crippen molar-refractivity contribution in [1.82, 2.24) is 15.3 Å². The molecule has 212 valence electrons. The standard InChI is InChI=1S/C18H15P.C14H18N4O2S.Pd/c1-4-10-16(11-5-1)19(17-12-6-2-7-13-17)18-14-8-3-9-15-18;1-18(2)14(21)17-15-8-10-6-9-7-11(20-3)4-5-12(9)16-13(10)19;/h1-15H;4-8,14,17,21H,1-3H3,(H,16,19);/q;;+2/p-2/b;15-8+;. The summed E-state index contributed by atoms with van der Waals surface area (Å²) in [7, 11) is 4.82. The van der Waals surface area contributed by atoms with Crippen LogP contribution in [0.3, 0.4) is 0 Å². The van der Waals surface area contributed by atoms with Crippen molar-refractivity contribution in [2.45, 2.75) is 5.50 Å². The molecular formula is C32H31N4O2PPdS. The smallest absolute Gasteiger partial charge is 0.858 e. The molecule has 0 saturated carbocycles. The Morgan fingerprint density at radius 2 is 1.37 bits per heavy atom. The number of hydrazone groups is 1. The number of fused-ring (bicyclic) bond motifs is 1. The van der Waals surface area contributed by atoms with Crippen LogP contribution < -0.4 is 31.2 Å². The van der Waals surface area contributed by atoms with Crippen molar-refractivity contribution in [3.63, 3.8) is 0 Å². The summed E-state index contributed by atoms with van der Waals surface area (Å²) >= 11 is 5.11. The van der Waals surface area contributed by atoms with Crippen LogP contribution in [0.2, 0.25) is 0 Å². The van der Waals surface area contributed by atoms with Gasteiger partial charge in [-0.25, -0.2) is 0 Å². The molecule has 5 rings (SSSR count). The molecule has 0 radical (unpaired) electrons. The molecule has 0 aliphatic carbocycles. The van der Waals surface area contributed by atoms with E-state index in [1.165, 1.54) is 22.1 Å². The summed E-state index contributed by atoms with van der Waals surface area (Å²) in [5.41, 5.74) is 3.42. The van der Waals surface area contributed by atoms with Crippen LogP contribution in [0.4, 0.5) is 0 Å². The van der Waals surface area contributed by atoms with Gasteiger partial charge in [-0.05, 0) is 73.6 Å². The molecule has 0 aliphatic rings. The van der Waals surface area contributed by atoms with Gasteiger partial charge in [-0.2, -0.15) is 5.10 Å². The van der Waals surface area contributed by atoms with Crippen LogP contribution in [0.5, 0.6) is 11.6 Å². The van der Waals surface area contributed by atoms with Crippen LogP contribution >= 0.6 is 7.92 Å². The number of hydrogen-bond donors (Lipinski definition) is 1. The van der Waals surface area contributed by atoms with Gasteiger partial charge in [-0.1, -0.05) is 91.0 Å². The number of benzene rings is 4. The topological polar surface area (TPSA) is 72.8 Å². The third kappa shape index (κ3) is 9.13. The number of nitrogens with zero attached hydrogens (tertiary/aromatic N) is 3. The summed E-state index contributed by atoms with van der Waals surface area (Å²) < 4.78 is 5.16. The maximum absolute atomic E-state index is 11.9. The number of hydrogen-bond acceptors (Lipinski definition) is 7. The van der Waals surface area contributed by atoms with Crippen molar-refractivity contribution in [2.75, 3.05) is 21.2 Å². The van der Waals surface area contributed by atoms with Crippen LogP contribution in [-0.4, -0.2) is 42.8 Å². The molecule has 0 spiro atoms. The van der Waals surface area contributed by atoms with Crippen molar-refractivity contribution in [2.24, 2.45) is 5.10 Å². The summed E-state index contributed by atoms with van der Waals surface area (Å²) in [5.74, 6) is 0.381. The fourth-order valence-corrected chi connectivity index (χ4v) is 6.20. The first-order chi connectivity index (χ1) is 19.5. The normalized spacial score (nSPS) is 11.6. The van der Waals surface area contributed by atoms with Crippen molar-refractivity contribution >= 4 is 53.6 Å². The Kier molecular flexibility index (Phi) is 12.8. The van der Waals surface area contributed by atoms with E-state index in [9.17, 15) is 5.11 Å². The van der Waals surface area contributed by atoms with Crippen molar-refractivity contribution in [3.8, 4) is 11.6 Å². The summed E-state index contributed by atoms with van der Waals surface area (Å²) in [6.45, 7) is 0. The van der Waals surface area contributed by atoms with Gasteiger partial charge in [-0.3, -0.25) is 4.98 Å². The predicted molar refractivity (Wildman–Crippen MR) is 168 cm³/mol. The van der Waals surface area contributed by atoms with Crippen LogP contribution in [0.1, 0.15) is 5.56 Å². The van der Waals surface area contributed by atoms with Crippen molar-refractivity contribution in [3.05, 3.63) is 121 Å². The number of methoxy groups -OCH3 is 1. The minimum Gasteiger partial charge on any atom is -0.858 e. The largest absolute Gasteiger partial charge is 2.00 e. The van der Waals surface area contributed by atoms with E-state index in [1.54, 1.807) is 30.2 Å². The second-order valence-corrected chi connectivity index (χ2v) is 11.7. The second-order valence-electron chi connectivity index (χ2n) is 8.99. The van der Waals surface area contributed by atoms with Crippen LogP contribution in [0.15, 0.2) is 120 Å². The Bertz CT molecular complexity index is 1430. The van der Waals surface area contributed by atoms with E-state index >= 15 is 0 Å². The molecule has 1 heterocycles. The molecule has 0 amide bonds. The Balaban J connectivity index is 0.000000221. The molecular weight excluding hydrogens is 642 g/mol. The Morgan fingerprint density at radius 1 is 0.854 bits per heavy atom. The van der Waals surface area contributed by atoms with Gasteiger partial charge in [0.1, 0.15) is 5.75 Å². The number of rotatable bonds is 8. The van der Waals surface area contributed by atoms with E-state index in [0.29, 0.717) is 16.8 Å². The van der Waals surface area contributed by atoms with E-state index in [-0.39, 0.29) is 31.8 Å². The maximum atomic E-state index is 11.9. The van der Waals surface area contributed by atoms with E-state index in [4.69, 9.17) is 17.4 Å². The molecule has 4 aromatic carbocycles. The molecule has 0 bridgehead atoms. The van der Waals surface area contributed by atoms with Gasteiger partial charge in [0.2, 0.25) is 0 Å². The monoisotopic (exact) mass is 672 g/mol. The van der Waals surface area contributed by atoms with Gasteiger partial charge in [-0.15, -0.1) is 0 Å². The van der Waals surface area contributed by atoms with Crippen LogP contribution in [-0.2, 0) is 33.1 Å². The summed E-state index contributed by atoms with van der Waals surface area (Å²) in [4.78, 5) is 5.80. The number of nitrogens with one attached hydrogen (secondary N) is 1. The molecule has 9 heteroatoms.